The third kappa shape index (κ3) is 4.53. The monoisotopic (exact) mass is 353 g/mol. The molecule has 6 nitrogen and oxygen atoms in total. The second-order valence-electron chi connectivity index (χ2n) is 5.01. The van der Waals surface area contributed by atoms with Gasteiger partial charge in [0, 0.05) is 6.54 Å². The van der Waals surface area contributed by atoms with Crippen molar-refractivity contribution in [2.45, 2.75) is 11.8 Å². The summed E-state index contributed by atoms with van der Waals surface area (Å²) in [5, 5.41) is 8.87. The Morgan fingerprint density at radius 3 is 2.50 bits per heavy atom. The number of halogens is 1. The zero-order chi connectivity index (χ0) is 17.7. The normalized spacial score (nSPS) is 11.2. The molecule has 0 spiro atoms. The lowest BCUT2D eigenvalue weighted by atomic mass is 10.2. The molecule has 24 heavy (non-hydrogen) atoms. The molecule has 128 valence electrons. The van der Waals surface area contributed by atoms with Gasteiger partial charge in [-0.25, -0.2) is 22.3 Å². The maximum atomic E-state index is 13.7. The van der Waals surface area contributed by atoms with Gasteiger partial charge in [-0.15, -0.1) is 0 Å². The van der Waals surface area contributed by atoms with E-state index in [0.717, 1.165) is 23.8 Å². The second-order valence-corrected chi connectivity index (χ2v) is 6.75. The maximum absolute atomic E-state index is 13.7. The summed E-state index contributed by atoms with van der Waals surface area (Å²) in [4.78, 5) is 10.2. The van der Waals surface area contributed by atoms with Crippen LogP contribution in [0.1, 0.15) is 15.9 Å². The number of benzene rings is 2. The highest BCUT2D eigenvalue weighted by Crippen LogP contribution is 2.16. The molecular weight excluding hydrogens is 337 g/mol. The van der Waals surface area contributed by atoms with Crippen LogP contribution in [0.4, 0.5) is 4.39 Å². The van der Waals surface area contributed by atoms with Crippen molar-refractivity contribution < 1.29 is 27.4 Å². The first kappa shape index (κ1) is 17.9. The van der Waals surface area contributed by atoms with E-state index in [2.05, 4.69) is 4.72 Å². The summed E-state index contributed by atoms with van der Waals surface area (Å²) in [5.74, 6) is -1.78. The van der Waals surface area contributed by atoms with Crippen LogP contribution in [0.3, 0.4) is 0 Å². The van der Waals surface area contributed by atoms with Gasteiger partial charge in [-0.3, -0.25) is 0 Å². The molecule has 0 unspecified atom stereocenters. The maximum Gasteiger partial charge on any atom is 0.335 e. The van der Waals surface area contributed by atoms with E-state index >= 15 is 0 Å². The van der Waals surface area contributed by atoms with Crippen molar-refractivity contribution in [3.8, 4) is 5.75 Å². The third-order valence-electron chi connectivity index (χ3n) is 3.15. The first-order valence-corrected chi connectivity index (χ1v) is 8.50. The molecule has 0 radical (unpaired) electrons. The molecule has 8 heteroatoms. The van der Waals surface area contributed by atoms with Crippen molar-refractivity contribution >= 4 is 16.0 Å². The fraction of sp³-hybridized carbons (Fsp3) is 0.188. The van der Waals surface area contributed by atoms with E-state index < -0.39 is 26.7 Å². The number of carboxylic acids is 1. The van der Waals surface area contributed by atoms with Crippen LogP contribution in [0.15, 0.2) is 47.4 Å². The Morgan fingerprint density at radius 1 is 1.21 bits per heavy atom. The molecule has 0 amide bonds. The SMILES string of the molecule is Cc1ccc(OCCNS(=O)(=O)c2cc(C(=O)O)ccc2F)cc1. The molecule has 2 N–H and O–H groups in total. The number of hydrogen-bond donors (Lipinski definition) is 2. The van der Waals surface area contributed by atoms with Crippen LogP contribution >= 0.6 is 0 Å². The van der Waals surface area contributed by atoms with Crippen molar-refractivity contribution in [3.63, 3.8) is 0 Å². The van der Waals surface area contributed by atoms with Crippen LogP contribution in [-0.2, 0) is 10.0 Å². The Morgan fingerprint density at radius 2 is 1.88 bits per heavy atom. The van der Waals surface area contributed by atoms with Gasteiger partial charge in [0.2, 0.25) is 10.0 Å². The van der Waals surface area contributed by atoms with Crippen LogP contribution in [0.5, 0.6) is 5.75 Å². The van der Waals surface area contributed by atoms with Gasteiger partial charge in [0.15, 0.2) is 0 Å². The average Bonchev–Trinajstić information content (AvgIpc) is 2.53. The molecule has 0 heterocycles. The number of hydrogen-bond acceptors (Lipinski definition) is 4. The first-order chi connectivity index (χ1) is 11.3. The largest absolute Gasteiger partial charge is 0.492 e. The molecular formula is C16H16FNO5S. The zero-order valence-electron chi connectivity index (χ0n) is 12.8. The van der Waals surface area contributed by atoms with Crippen molar-refractivity contribution in [2.24, 2.45) is 0 Å². The Balaban J connectivity index is 2.00. The molecule has 0 fully saturated rings. The van der Waals surface area contributed by atoms with Crippen molar-refractivity contribution in [1.82, 2.24) is 4.72 Å². The number of nitrogens with one attached hydrogen (secondary N) is 1. The molecule has 0 bridgehead atoms. The van der Waals surface area contributed by atoms with Gasteiger partial charge >= 0.3 is 5.97 Å². The molecule has 0 saturated carbocycles. The lowest BCUT2D eigenvalue weighted by Gasteiger charge is -2.10. The Labute approximate surface area is 138 Å². The van der Waals surface area contributed by atoms with Gasteiger partial charge in [-0.1, -0.05) is 17.7 Å². The molecule has 0 saturated heterocycles. The standard InChI is InChI=1S/C16H16FNO5S/c1-11-2-5-13(6-3-11)23-9-8-18-24(21,22)15-10-12(16(19)20)4-7-14(15)17/h2-7,10,18H,8-9H2,1H3,(H,19,20). The highest BCUT2D eigenvalue weighted by Gasteiger charge is 2.20. The summed E-state index contributed by atoms with van der Waals surface area (Å²) >= 11 is 0. The molecule has 0 aliphatic carbocycles. The number of carboxylic acid groups (broad SMARTS) is 1. The summed E-state index contributed by atoms with van der Waals surface area (Å²) in [6.07, 6.45) is 0. The van der Waals surface area contributed by atoms with E-state index in [4.69, 9.17) is 9.84 Å². The number of ether oxygens (including phenoxy) is 1. The summed E-state index contributed by atoms with van der Waals surface area (Å²) in [7, 11) is -4.18. The molecule has 0 aliphatic heterocycles. The van der Waals surface area contributed by atoms with Gasteiger partial charge in [-0.2, -0.15) is 0 Å². The fourth-order valence-electron chi connectivity index (χ4n) is 1.90. The lowest BCUT2D eigenvalue weighted by Crippen LogP contribution is -2.29. The summed E-state index contributed by atoms with van der Waals surface area (Å²) in [6, 6.07) is 9.79. The Bertz CT molecular complexity index is 834. The van der Waals surface area contributed by atoms with Crippen LogP contribution in [0.2, 0.25) is 0 Å². The van der Waals surface area contributed by atoms with E-state index in [-0.39, 0.29) is 18.7 Å². The van der Waals surface area contributed by atoms with Crippen LogP contribution in [0.25, 0.3) is 0 Å². The molecule has 2 aromatic carbocycles. The summed E-state index contributed by atoms with van der Waals surface area (Å²) in [5.41, 5.74) is 0.754. The minimum Gasteiger partial charge on any atom is -0.492 e. The highest BCUT2D eigenvalue weighted by molar-refractivity contribution is 7.89. The molecule has 0 atom stereocenters. The molecule has 0 aromatic heterocycles. The summed E-state index contributed by atoms with van der Waals surface area (Å²) in [6.45, 7) is 1.88. The fourth-order valence-corrected chi connectivity index (χ4v) is 3.01. The minimum absolute atomic E-state index is 0.0442. The Hall–Kier alpha value is -2.45. The van der Waals surface area contributed by atoms with E-state index in [1.54, 1.807) is 12.1 Å². The van der Waals surface area contributed by atoms with Crippen molar-refractivity contribution in [2.75, 3.05) is 13.2 Å². The van der Waals surface area contributed by atoms with E-state index in [9.17, 15) is 17.6 Å². The van der Waals surface area contributed by atoms with Crippen LogP contribution in [0, 0.1) is 12.7 Å². The van der Waals surface area contributed by atoms with Gasteiger partial charge in [0.25, 0.3) is 0 Å². The first-order valence-electron chi connectivity index (χ1n) is 7.01. The predicted molar refractivity (Wildman–Crippen MR) is 85.2 cm³/mol. The van der Waals surface area contributed by atoms with Crippen LogP contribution in [-0.4, -0.2) is 32.6 Å². The van der Waals surface area contributed by atoms with E-state index in [0.29, 0.717) is 5.75 Å². The number of aryl methyl sites for hydroxylation is 1. The summed E-state index contributed by atoms with van der Waals surface area (Å²) < 4.78 is 45.4. The molecule has 2 aromatic rings. The number of sulfonamides is 1. The lowest BCUT2D eigenvalue weighted by molar-refractivity contribution is 0.0696. The number of aromatic carboxylic acids is 1. The van der Waals surface area contributed by atoms with Crippen molar-refractivity contribution in [1.29, 1.82) is 0 Å². The van der Waals surface area contributed by atoms with Crippen LogP contribution < -0.4 is 9.46 Å². The minimum atomic E-state index is -4.18. The predicted octanol–water partition coefficient (Wildman–Crippen LogP) is 2.19. The number of rotatable bonds is 7. The smallest absolute Gasteiger partial charge is 0.335 e. The van der Waals surface area contributed by atoms with Gasteiger partial charge in [-0.05, 0) is 37.3 Å². The zero-order valence-corrected chi connectivity index (χ0v) is 13.6. The molecule has 2 rings (SSSR count). The van der Waals surface area contributed by atoms with Gasteiger partial charge < -0.3 is 9.84 Å². The van der Waals surface area contributed by atoms with E-state index in [1.807, 2.05) is 19.1 Å². The highest BCUT2D eigenvalue weighted by atomic mass is 32.2. The second kappa shape index (κ2) is 7.41. The quantitative estimate of drug-likeness (QED) is 0.745. The van der Waals surface area contributed by atoms with E-state index in [1.165, 1.54) is 0 Å². The van der Waals surface area contributed by atoms with Crippen molar-refractivity contribution in [3.05, 3.63) is 59.4 Å². The number of carbonyl (C=O) groups is 1. The Kier molecular flexibility index (Phi) is 5.53. The van der Waals surface area contributed by atoms with Gasteiger partial charge in [0.1, 0.15) is 23.1 Å². The van der Waals surface area contributed by atoms with Gasteiger partial charge in [0.05, 0.1) is 5.56 Å². The average molecular weight is 353 g/mol. The molecule has 0 aliphatic rings. The topological polar surface area (TPSA) is 92.7 Å². The third-order valence-corrected chi connectivity index (χ3v) is 4.63.